The standard InChI is InChI=1S/C15H18ClN5/c1-4-6-11-12-14(20(3)19-11)21(15(17)18-12)13-9(2)7-5-8-10(13)16/h5,7-8H,4,6H2,1-3H3,(H2,17,18). The number of halogens is 1. The SMILES string of the molecule is CCCc1nn(C)c2c1nc(N)n2-c1c(C)cccc1Cl. The number of hydrogen-bond donors (Lipinski definition) is 1. The van der Waals surface area contributed by atoms with E-state index in [1.54, 1.807) is 0 Å². The van der Waals surface area contributed by atoms with Crippen molar-refractivity contribution < 1.29 is 0 Å². The second kappa shape index (κ2) is 5.07. The lowest BCUT2D eigenvalue weighted by atomic mass is 10.2. The molecule has 3 rings (SSSR count). The van der Waals surface area contributed by atoms with Crippen LogP contribution in [0.25, 0.3) is 16.9 Å². The molecule has 0 bridgehead atoms. The minimum absolute atomic E-state index is 0.437. The highest BCUT2D eigenvalue weighted by Crippen LogP contribution is 2.31. The van der Waals surface area contributed by atoms with Gasteiger partial charge >= 0.3 is 0 Å². The molecule has 2 heterocycles. The third-order valence-corrected chi connectivity index (χ3v) is 3.93. The van der Waals surface area contributed by atoms with E-state index in [0.717, 1.165) is 41.0 Å². The van der Waals surface area contributed by atoms with Crippen molar-refractivity contribution in [3.05, 3.63) is 34.5 Å². The Labute approximate surface area is 128 Å². The first kappa shape index (κ1) is 13.9. The molecule has 0 saturated carbocycles. The van der Waals surface area contributed by atoms with Crippen LogP contribution in [0.5, 0.6) is 0 Å². The fourth-order valence-electron chi connectivity index (χ4n) is 2.73. The Bertz CT molecular complexity index is 795. The number of nitrogens with two attached hydrogens (primary N) is 1. The Morgan fingerprint density at radius 3 is 2.76 bits per heavy atom. The molecule has 5 nitrogen and oxygen atoms in total. The van der Waals surface area contributed by atoms with Crippen LogP contribution >= 0.6 is 11.6 Å². The molecule has 0 atom stereocenters. The van der Waals surface area contributed by atoms with Gasteiger partial charge in [0.15, 0.2) is 5.65 Å². The van der Waals surface area contributed by atoms with Crippen molar-refractivity contribution in [3.8, 4) is 5.69 Å². The van der Waals surface area contributed by atoms with E-state index in [0.29, 0.717) is 11.0 Å². The van der Waals surface area contributed by atoms with Crippen LogP contribution in [0.4, 0.5) is 5.95 Å². The van der Waals surface area contributed by atoms with Crippen molar-refractivity contribution in [1.29, 1.82) is 0 Å². The first-order valence-corrected chi connectivity index (χ1v) is 7.37. The highest BCUT2D eigenvalue weighted by molar-refractivity contribution is 6.32. The molecule has 110 valence electrons. The maximum atomic E-state index is 6.38. The van der Waals surface area contributed by atoms with Crippen molar-refractivity contribution in [2.45, 2.75) is 26.7 Å². The van der Waals surface area contributed by atoms with E-state index in [1.165, 1.54) is 0 Å². The number of imidazole rings is 1. The lowest BCUT2D eigenvalue weighted by Crippen LogP contribution is -2.07. The molecule has 1 aromatic carbocycles. The van der Waals surface area contributed by atoms with Crippen LogP contribution in [0.2, 0.25) is 5.02 Å². The fourth-order valence-corrected chi connectivity index (χ4v) is 3.03. The third-order valence-electron chi connectivity index (χ3n) is 3.63. The largest absolute Gasteiger partial charge is 0.369 e. The number of aryl methyl sites for hydroxylation is 3. The summed E-state index contributed by atoms with van der Waals surface area (Å²) >= 11 is 6.38. The zero-order valence-corrected chi connectivity index (χ0v) is 13.1. The Morgan fingerprint density at radius 1 is 1.33 bits per heavy atom. The van der Waals surface area contributed by atoms with Crippen molar-refractivity contribution >= 4 is 28.7 Å². The highest BCUT2D eigenvalue weighted by atomic mass is 35.5. The summed E-state index contributed by atoms with van der Waals surface area (Å²) in [5, 5.41) is 5.21. The summed E-state index contributed by atoms with van der Waals surface area (Å²) in [6.45, 7) is 4.13. The Morgan fingerprint density at radius 2 is 2.10 bits per heavy atom. The van der Waals surface area contributed by atoms with Gasteiger partial charge in [-0.2, -0.15) is 5.10 Å². The molecular formula is C15H18ClN5. The Hall–Kier alpha value is -2.01. The van der Waals surface area contributed by atoms with E-state index in [4.69, 9.17) is 17.3 Å². The first-order valence-electron chi connectivity index (χ1n) is 6.99. The van der Waals surface area contributed by atoms with Crippen LogP contribution in [-0.2, 0) is 13.5 Å². The van der Waals surface area contributed by atoms with Gasteiger partial charge in [0.1, 0.15) is 5.52 Å². The van der Waals surface area contributed by atoms with Gasteiger partial charge in [0.2, 0.25) is 5.95 Å². The van der Waals surface area contributed by atoms with E-state index in [2.05, 4.69) is 17.0 Å². The predicted octanol–water partition coefficient (Wildman–Crippen LogP) is 3.26. The smallest absolute Gasteiger partial charge is 0.207 e. The number of rotatable bonds is 3. The zero-order valence-electron chi connectivity index (χ0n) is 12.4. The van der Waals surface area contributed by atoms with Gasteiger partial charge in [-0.25, -0.2) is 9.67 Å². The van der Waals surface area contributed by atoms with Crippen LogP contribution in [-0.4, -0.2) is 19.3 Å². The molecule has 0 spiro atoms. The van der Waals surface area contributed by atoms with Crippen molar-refractivity contribution in [2.75, 3.05) is 5.73 Å². The Kier molecular flexibility index (Phi) is 3.37. The molecule has 3 aromatic rings. The summed E-state index contributed by atoms with van der Waals surface area (Å²) in [6, 6.07) is 5.80. The summed E-state index contributed by atoms with van der Waals surface area (Å²) in [5.74, 6) is 0.437. The summed E-state index contributed by atoms with van der Waals surface area (Å²) in [6.07, 6.45) is 1.90. The quantitative estimate of drug-likeness (QED) is 0.808. The normalized spacial score (nSPS) is 11.4. The fraction of sp³-hybridized carbons (Fsp3) is 0.333. The molecule has 21 heavy (non-hydrogen) atoms. The third kappa shape index (κ3) is 2.08. The van der Waals surface area contributed by atoms with E-state index < -0.39 is 0 Å². The lowest BCUT2D eigenvalue weighted by molar-refractivity contribution is 0.737. The van der Waals surface area contributed by atoms with E-state index >= 15 is 0 Å². The second-order valence-corrected chi connectivity index (χ2v) is 5.61. The van der Waals surface area contributed by atoms with Crippen LogP contribution in [0.1, 0.15) is 24.6 Å². The minimum atomic E-state index is 0.437. The first-order chi connectivity index (χ1) is 10.0. The maximum Gasteiger partial charge on any atom is 0.207 e. The molecular weight excluding hydrogens is 286 g/mol. The van der Waals surface area contributed by atoms with Gasteiger partial charge in [-0.15, -0.1) is 0 Å². The van der Waals surface area contributed by atoms with Gasteiger partial charge in [0.25, 0.3) is 0 Å². The molecule has 0 unspecified atom stereocenters. The van der Waals surface area contributed by atoms with E-state index in [1.807, 2.05) is 41.4 Å². The number of nitrogen functional groups attached to an aromatic ring is 1. The van der Waals surface area contributed by atoms with Crippen LogP contribution in [0.15, 0.2) is 18.2 Å². The van der Waals surface area contributed by atoms with Crippen molar-refractivity contribution in [1.82, 2.24) is 19.3 Å². The highest BCUT2D eigenvalue weighted by Gasteiger charge is 2.20. The number of aromatic nitrogens is 4. The van der Waals surface area contributed by atoms with Gasteiger partial charge in [0, 0.05) is 7.05 Å². The van der Waals surface area contributed by atoms with Crippen LogP contribution in [0.3, 0.4) is 0 Å². The summed E-state index contributed by atoms with van der Waals surface area (Å²) in [4.78, 5) is 4.51. The lowest BCUT2D eigenvalue weighted by Gasteiger charge is -2.12. The number of benzene rings is 1. The van der Waals surface area contributed by atoms with Crippen LogP contribution in [0, 0.1) is 6.92 Å². The summed E-state index contributed by atoms with van der Waals surface area (Å²) < 4.78 is 3.71. The van der Waals surface area contributed by atoms with Gasteiger partial charge in [-0.1, -0.05) is 37.1 Å². The molecule has 6 heteroatoms. The van der Waals surface area contributed by atoms with Crippen molar-refractivity contribution in [2.24, 2.45) is 7.05 Å². The second-order valence-electron chi connectivity index (χ2n) is 5.20. The molecule has 2 aromatic heterocycles. The molecule has 0 amide bonds. The maximum absolute atomic E-state index is 6.38. The molecule has 0 aliphatic carbocycles. The van der Waals surface area contributed by atoms with Crippen molar-refractivity contribution in [3.63, 3.8) is 0 Å². The number of nitrogens with zero attached hydrogens (tertiary/aromatic N) is 4. The molecule has 2 N–H and O–H groups in total. The van der Waals surface area contributed by atoms with Gasteiger partial charge < -0.3 is 5.73 Å². The summed E-state index contributed by atoms with van der Waals surface area (Å²) in [5.41, 5.74) is 10.8. The monoisotopic (exact) mass is 303 g/mol. The zero-order chi connectivity index (χ0) is 15.1. The average Bonchev–Trinajstić information content (AvgIpc) is 2.90. The molecule has 0 saturated heterocycles. The molecule has 0 fully saturated rings. The number of hydrogen-bond acceptors (Lipinski definition) is 3. The topological polar surface area (TPSA) is 61.7 Å². The number of anilines is 1. The average molecular weight is 304 g/mol. The Balaban J connectivity index is 2.36. The molecule has 0 aliphatic heterocycles. The van der Waals surface area contributed by atoms with E-state index in [-0.39, 0.29) is 0 Å². The van der Waals surface area contributed by atoms with Gasteiger partial charge in [-0.05, 0) is 25.0 Å². The predicted molar refractivity (Wildman–Crippen MR) is 86.0 cm³/mol. The number of para-hydroxylation sites is 1. The van der Waals surface area contributed by atoms with Gasteiger partial charge in [0.05, 0.1) is 16.4 Å². The summed E-state index contributed by atoms with van der Waals surface area (Å²) in [7, 11) is 1.91. The van der Waals surface area contributed by atoms with E-state index in [9.17, 15) is 0 Å². The molecule has 0 radical (unpaired) electrons. The van der Waals surface area contributed by atoms with Crippen LogP contribution < -0.4 is 5.73 Å². The molecule has 0 aliphatic rings. The number of fused-ring (bicyclic) bond motifs is 1. The minimum Gasteiger partial charge on any atom is -0.369 e. The van der Waals surface area contributed by atoms with Gasteiger partial charge in [-0.3, -0.25) is 4.57 Å².